The van der Waals surface area contributed by atoms with E-state index in [0.29, 0.717) is 18.6 Å². The molecule has 1 aliphatic rings. The molecule has 0 bridgehead atoms. The van der Waals surface area contributed by atoms with Crippen molar-refractivity contribution in [2.75, 3.05) is 19.6 Å². The fraction of sp³-hybridized carbons (Fsp3) is 0.900. The molecule has 0 aromatic carbocycles. The molecular weight excluding hydrogens is 178 g/mol. The van der Waals surface area contributed by atoms with Gasteiger partial charge in [0, 0.05) is 31.7 Å². The summed E-state index contributed by atoms with van der Waals surface area (Å²) >= 11 is 0. The van der Waals surface area contributed by atoms with E-state index in [1.807, 2.05) is 6.92 Å². The summed E-state index contributed by atoms with van der Waals surface area (Å²) in [6.07, 6.45) is 1.06. The average molecular weight is 199 g/mol. The second-order valence-electron chi connectivity index (χ2n) is 4.08. The molecule has 0 aromatic rings. The Balaban J connectivity index is 2.25. The minimum Gasteiger partial charge on any atom is -0.338 e. The second-order valence-corrected chi connectivity index (χ2v) is 4.08. The van der Waals surface area contributed by atoms with Crippen LogP contribution in [-0.4, -0.2) is 42.6 Å². The third-order valence-electron chi connectivity index (χ3n) is 2.62. The van der Waals surface area contributed by atoms with E-state index in [1.165, 1.54) is 0 Å². The van der Waals surface area contributed by atoms with E-state index in [1.54, 1.807) is 0 Å². The van der Waals surface area contributed by atoms with Crippen LogP contribution in [-0.2, 0) is 0 Å². The topological polar surface area (TPSA) is 44.4 Å². The molecule has 1 fully saturated rings. The number of carbonyl (C=O) groups excluding carboxylic acids is 1. The zero-order valence-electron chi connectivity index (χ0n) is 9.34. The number of nitrogens with one attached hydrogen (secondary N) is 2. The third-order valence-corrected chi connectivity index (χ3v) is 2.62. The van der Waals surface area contributed by atoms with E-state index >= 15 is 0 Å². The molecule has 0 saturated carbocycles. The molecule has 1 atom stereocenters. The van der Waals surface area contributed by atoms with Crippen molar-refractivity contribution in [3.8, 4) is 0 Å². The van der Waals surface area contributed by atoms with Gasteiger partial charge in [-0.1, -0.05) is 0 Å². The summed E-state index contributed by atoms with van der Waals surface area (Å²) in [6.45, 7) is 9.06. The highest BCUT2D eigenvalue weighted by Crippen LogP contribution is 2.11. The molecule has 2 N–H and O–H groups in total. The summed E-state index contributed by atoms with van der Waals surface area (Å²) in [5.41, 5.74) is 0. The van der Waals surface area contributed by atoms with Crippen LogP contribution in [0, 0.1) is 0 Å². The highest BCUT2D eigenvalue weighted by Gasteiger charge is 2.24. The molecule has 1 aliphatic heterocycles. The predicted molar refractivity (Wildman–Crippen MR) is 57.3 cm³/mol. The molecule has 4 heteroatoms. The maximum atomic E-state index is 11.2. The minimum atomic E-state index is -0.0388. The number of likely N-dealkylation sites (tertiary alicyclic amines) is 1. The van der Waals surface area contributed by atoms with Gasteiger partial charge < -0.3 is 10.6 Å². The summed E-state index contributed by atoms with van der Waals surface area (Å²) in [4.78, 5) is 13.6. The Bertz CT molecular complexity index is 194. The van der Waals surface area contributed by atoms with Gasteiger partial charge in [0.2, 0.25) is 0 Å². The van der Waals surface area contributed by atoms with Crippen molar-refractivity contribution in [1.29, 1.82) is 0 Å². The Morgan fingerprint density at radius 3 is 2.79 bits per heavy atom. The van der Waals surface area contributed by atoms with E-state index in [9.17, 15) is 4.79 Å². The van der Waals surface area contributed by atoms with Crippen LogP contribution in [0.5, 0.6) is 0 Å². The number of rotatable bonds is 3. The molecule has 82 valence electrons. The lowest BCUT2D eigenvalue weighted by molar-refractivity contribution is 0.234. The first-order chi connectivity index (χ1) is 6.63. The highest BCUT2D eigenvalue weighted by molar-refractivity contribution is 5.74. The molecule has 0 aliphatic carbocycles. The summed E-state index contributed by atoms with van der Waals surface area (Å²) in [7, 11) is 0. The molecular formula is C10H21N3O. The second kappa shape index (κ2) is 5.20. The minimum absolute atomic E-state index is 0.0388. The van der Waals surface area contributed by atoms with Crippen molar-refractivity contribution >= 4 is 6.03 Å². The van der Waals surface area contributed by atoms with Gasteiger partial charge in [0.25, 0.3) is 0 Å². The first kappa shape index (κ1) is 11.3. The van der Waals surface area contributed by atoms with Gasteiger partial charge in [-0.25, -0.2) is 4.79 Å². The number of amides is 2. The number of carbonyl (C=O) groups is 1. The summed E-state index contributed by atoms with van der Waals surface area (Å²) < 4.78 is 0. The van der Waals surface area contributed by atoms with E-state index in [2.05, 4.69) is 29.4 Å². The van der Waals surface area contributed by atoms with E-state index in [-0.39, 0.29) is 6.03 Å². The van der Waals surface area contributed by atoms with Crippen molar-refractivity contribution in [3.63, 3.8) is 0 Å². The molecule has 1 saturated heterocycles. The zero-order chi connectivity index (χ0) is 10.6. The van der Waals surface area contributed by atoms with Crippen molar-refractivity contribution in [3.05, 3.63) is 0 Å². The SMILES string of the molecule is CCNC(=O)NC1CCN(C(C)C)C1. The van der Waals surface area contributed by atoms with E-state index in [0.717, 1.165) is 19.5 Å². The molecule has 2 amide bonds. The normalized spacial score (nSPS) is 22.7. The first-order valence-electron chi connectivity index (χ1n) is 5.42. The number of nitrogens with zero attached hydrogens (tertiary/aromatic N) is 1. The molecule has 14 heavy (non-hydrogen) atoms. The predicted octanol–water partition coefficient (Wildman–Crippen LogP) is 0.788. The standard InChI is InChI=1S/C10H21N3O/c1-4-11-10(14)12-9-5-6-13(7-9)8(2)3/h8-9H,4-7H2,1-3H3,(H2,11,12,14). The van der Waals surface area contributed by atoms with Crippen LogP contribution in [0.2, 0.25) is 0 Å². The van der Waals surface area contributed by atoms with Crippen LogP contribution in [0.4, 0.5) is 4.79 Å². The Morgan fingerprint density at radius 2 is 2.29 bits per heavy atom. The van der Waals surface area contributed by atoms with Gasteiger partial charge in [0.15, 0.2) is 0 Å². The van der Waals surface area contributed by atoms with E-state index in [4.69, 9.17) is 0 Å². The summed E-state index contributed by atoms with van der Waals surface area (Å²) in [5, 5.41) is 5.72. The molecule has 1 heterocycles. The molecule has 0 spiro atoms. The Kier molecular flexibility index (Phi) is 4.20. The average Bonchev–Trinajstić information content (AvgIpc) is 2.53. The van der Waals surface area contributed by atoms with Gasteiger partial charge in [-0.05, 0) is 27.2 Å². The lowest BCUT2D eigenvalue weighted by Crippen LogP contribution is -2.43. The summed E-state index contributed by atoms with van der Waals surface area (Å²) in [6, 6.07) is 0.864. The molecule has 0 aromatic heterocycles. The van der Waals surface area contributed by atoms with Crippen LogP contribution in [0.15, 0.2) is 0 Å². The number of hydrogen-bond donors (Lipinski definition) is 2. The van der Waals surface area contributed by atoms with Crippen LogP contribution in [0.1, 0.15) is 27.2 Å². The van der Waals surface area contributed by atoms with Gasteiger partial charge >= 0.3 is 6.03 Å². The molecule has 1 rings (SSSR count). The fourth-order valence-corrected chi connectivity index (χ4v) is 1.77. The van der Waals surface area contributed by atoms with Crippen molar-refractivity contribution in [1.82, 2.24) is 15.5 Å². The smallest absolute Gasteiger partial charge is 0.315 e. The van der Waals surface area contributed by atoms with Gasteiger partial charge in [0.1, 0.15) is 0 Å². The maximum absolute atomic E-state index is 11.2. The highest BCUT2D eigenvalue weighted by atomic mass is 16.2. The van der Waals surface area contributed by atoms with Crippen LogP contribution < -0.4 is 10.6 Å². The monoisotopic (exact) mass is 199 g/mol. The molecule has 4 nitrogen and oxygen atoms in total. The Morgan fingerprint density at radius 1 is 1.57 bits per heavy atom. The van der Waals surface area contributed by atoms with Gasteiger partial charge in [-0.15, -0.1) is 0 Å². The number of urea groups is 1. The lowest BCUT2D eigenvalue weighted by Gasteiger charge is -2.20. The maximum Gasteiger partial charge on any atom is 0.315 e. The number of hydrogen-bond acceptors (Lipinski definition) is 2. The quantitative estimate of drug-likeness (QED) is 0.706. The van der Waals surface area contributed by atoms with Gasteiger partial charge in [-0.2, -0.15) is 0 Å². The fourth-order valence-electron chi connectivity index (χ4n) is 1.77. The largest absolute Gasteiger partial charge is 0.338 e. The van der Waals surface area contributed by atoms with Gasteiger partial charge in [0.05, 0.1) is 0 Å². The van der Waals surface area contributed by atoms with Crippen LogP contribution >= 0.6 is 0 Å². The third kappa shape index (κ3) is 3.18. The van der Waals surface area contributed by atoms with Crippen LogP contribution in [0.3, 0.4) is 0 Å². The van der Waals surface area contributed by atoms with E-state index < -0.39 is 0 Å². The van der Waals surface area contributed by atoms with Gasteiger partial charge in [-0.3, -0.25) is 4.90 Å². The first-order valence-corrected chi connectivity index (χ1v) is 5.42. The zero-order valence-corrected chi connectivity index (χ0v) is 9.34. The summed E-state index contributed by atoms with van der Waals surface area (Å²) in [5.74, 6) is 0. The molecule has 0 radical (unpaired) electrons. The van der Waals surface area contributed by atoms with Crippen LogP contribution in [0.25, 0.3) is 0 Å². The van der Waals surface area contributed by atoms with Crippen molar-refractivity contribution in [2.24, 2.45) is 0 Å². The van der Waals surface area contributed by atoms with Crippen molar-refractivity contribution in [2.45, 2.75) is 39.3 Å². The molecule has 1 unspecified atom stereocenters. The Labute approximate surface area is 86.0 Å². The lowest BCUT2D eigenvalue weighted by atomic mass is 10.3. The Hall–Kier alpha value is -0.770. The van der Waals surface area contributed by atoms with Crippen molar-refractivity contribution < 1.29 is 4.79 Å².